The fraction of sp³-hybridized carbons (Fsp3) is 0.333. The van der Waals surface area contributed by atoms with E-state index in [9.17, 15) is 4.79 Å². The summed E-state index contributed by atoms with van der Waals surface area (Å²) in [5.41, 5.74) is 6.11. The van der Waals surface area contributed by atoms with E-state index in [1.807, 2.05) is 57.2 Å². The normalized spacial score (nSPS) is 10.6. The first kappa shape index (κ1) is 31.2. The smallest absolute Gasteiger partial charge is 0.201 e. The summed E-state index contributed by atoms with van der Waals surface area (Å²) in [7, 11) is 0. The van der Waals surface area contributed by atoms with Crippen LogP contribution in [0.5, 0.6) is 11.5 Å². The quantitative estimate of drug-likeness (QED) is 0.0802. The number of hydrogen-bond donors (Lipinski definition) is 3. The second-order valence-corrected chi connectivity index (χ2v) is 11.4. The molecule has 0 aliphatic rings. The van der Waals surface area contributed by atoms with Gasteiger partial charge < -0.3 is 25.1 Å². The van der Waals surface area contributed by atoms with Crippen LogP contribution in [0, 0.1) is 21.0 Å². The summed E-state index contributed by atoms with van der Waals surface area (Å²) in [5, 5.41) is 6.86. The Bertz CT molecular complexity index is 1340. The molecule has 7 nitrogen and oxygen atoms in total. The highest BCUT2D eigenvalue weighted by Gasteiger charge is 2.09. The van der Waals surface area contributed by atoms with Gasteiger partial charge in [0, 0.05) is 25.8 Å². The van der Waals surface area contributed by atoms with Crippen LogP contribution in [-0.2, 0) is 6.54 Å². The molecule has 208 valence electrons. The molecular formula is C30H36I2N4O3. The fourth-order valence-electron chi connectivity index (χ4n) is 4.15. The van der Waals surface area contributed by atoms with Crippen molar-refractivity contribution in [3.8, 4) is 11.5 Å². The molecule has 4 rings (SSSR count). The van der Waals surface area contributed by atoms with E-state index in [0.29, 0.717) is 24.5 Å². The number of imidazole rings is 1. The minimum absolute atomic E-state index is 0.586. The highest BCUT2D eigenvalue weighted by atomic mass is 127. The number of para-hydroxylation sites is 2. The molecule has 4 aromatic rings. The number of rotatable bonds is 12. The predicted octanol–water partition coefficient (Wildman–Crippen LogP) is 7.28. The van der Waals surface area contributed by atoms with Crippen LogP contribution in [0.4, 0.5) is 5.95 Å². The SMILES string of the molecule is CCOc1c(C)cc(I)cc1C=O.CCOc1c(C)cc(I)cc1CNCCCNc1nc2ccccc2[nH]1. The van der Waals surface area contributed by atoms with Gasteiger partial charge in [-0.15, -0.1) is 0 Å². The van der Waals surface area contributed by atoms with E-state index in [1.54, 1.807) is 0 Å². The van der Waals surface area contributed by atoms with Crippen molar-refractivity contribution in [1.29, 1.82) is 0 Å². The van der Waals surface area contributed by atoms with Crippen LogP contribution in [0.25, 0.3) is 11.0 Å². The van der Waals surface area contributed by atoms with Crippen molar-refractivity contribution in [1.82, 2.24) is 15.3 Å². The first-order valence-corrected chi connectivity index (χ1v) is 15.2. The summed E-state index contributed by atoms with van der Waals surface area (Å²) in [4.78, 5) is 18.5. The topological polar surface area (TPSA) is 88.3 Å². The van der Waals surface area contributed by atoms with Crippen LogP contribution >= 0.6 is 45.2 Å². The Morgan fingerprint density at radius 3 is 2.28 bits per heavy atom. The number of hydrogen-bond acceptors (Lipinski definition) is 6. The molecule has 0 aliphatic carbocycles. The number of aromatic nitrogens is 2. The van der Waals surface area contributed by atoms with Crippen molar-refractivity contribution in [3.05, 3.63) is 77.9 Å². The lowest BCUT2D eigenvalue weighted by molar-refractivity contribution is 0.111. The Kier molecular flexibility index (Phi) is 12.8. The zero-order valence-electron chi connectivity index (χ0n) is 22.9. The standard InChI is InChI=1S/C20H25IN4O.C10H11IO2/c1-3-26-19-14(2)11-16(21)12-15(19)13-22-9-6-10-23-20-24-17-7-4-5-8-18(17)25-20;1-3-13-10-7(2)4-9(11)5-8(10)6-12/h4-5,7-8,11-12,22H,3,6,9-10,13H2,1-2H3,(H2,23,24,25);4-6H,3H2,1-2H3. The van der Waals surface area contributed by atoms with Crippen molar-refractivity contribution in [2.24, 2.45) is 0 Å². The van der Waals surface area contributed by atoms with Crippen LogP contribution in [0.1, 0.15) is 47.3 Å². The van der Waals surface area contributed by atoms with Gasteiger partial charge in [-0.25, -0.2) is 4.98 Å². The van der Waals surface area contributed by atoms with Crippen LogP contribution in [-0.4, -0.2) is 42.6 Å². The molecule has 0 unspecified atom stereocenters. The lowest BCUT2D eigenvalue weighted by Gasteiger charge is -2.14. The maximum atomic E-state index is 10.7. The number of aldehydes is 1. The van der Waals surface area contributed by atoms with E-state index >= 15 is 0 Å². The van der Waals surface area contributed by atoms with Gasteiger partial charge in [-0.1, -0.05) is 12.1 Å². The van der Waals surface area contributed by atoms with Gasteiger partial charge in [0.25, 0.3) is 0 Å². The molecule has 0 fully saturated rings. The number of ether oxygens (including phenoxy) is 2. The Morgan fingerprint density at radius 1 is 0.923 bits per heavy atom. The Labute approximate surface area is 258 Å². The molecule has 0 spiro atoms. The minimum atomic E-state index is 0.586. The third-order valence-corrected chi connectivity index (χ3v) is 7.06. The van der Waals surface area contributed by atoms with Crippen LogP contribution < -0.4 is 20.1 Å². The van der Waals surface area contributed by atoms with Crippen molar-refractivity contribution in [3.63, 3.8) is 0 Å². The lowest BCUT2D eigenvalue weighted by Crippen LogP contribution is -2.18. The van der Waals surface area contributed by atoms with Crippen molar-refractivity contribution >= 4 is 68.4 Å². The summed E-state index contributed by atoms with van der Waals surface area (Å²) in [6.45, 7) is 11.9. The van der Waals surface area contributed by atoms with Gasteiger partial charge in [-0.3, -0.25) is 4.79 Å². The first-order valence-electron chi connectivity index (χ1n) is 13.1. The fourth-order valence-corrected chi connectivity index (χ4v) is 5.79. The minimum Gasteiger partial charge on any atom is -0.493 e. The van der Waals surface area contributed by atoms with Crippen molar-refractivity contribution < 1.29 is 14.3 Å². The molecule has 0 saturated heterocycles. The molecule has 39 heavy (non-hydrogen) atoms. The zero-order valence-corrected chi connectivity index (χ0v) is 27.2. The molecule has 0 atom stereocenters. The number of benzene rings is 3. The number of nitrogens with one attached hydrogen (secondary N) is 3. The average Bonchev–Trinajstić information content (AvgIpc) is 3.32. The van der Waals surface area contributed by atoms with Gasteiger partial charge in [0.05, 0.1) is 29.8 Å². The van der Waals surface area contributed by atoms with Crippen LogP contribution in [0.3, 0.4) is 0 Å². The number of H-pyrrole nitrogens is 1. The summed E-state index contributed by atoms with van der Waals surface area (Å²) < 4.78 is 13.5. The largest absolute Gasteiger partial charge is 0.493 e. The molecule has 3 aromatic carbocycles. The number of nitrogens with zero attached hydrogens (tertiary/aromatic N) is 1. The van der Waals surface area contributed by atoms with E-state index in [2.05, 4.69) is 84.8 Å². The molecule has 0 saturated carbocycles. The summed E-state index contributed by atoms with van der Waals surface area (Å²) in [6.07, 6.45) is 1.85. The average molecular weight is 754 g/mol. The van der Waals surface area contributed by atoms with E-state index < -0.39 is 0 Å². The van der Waals surface area contributed by atoms with Gasteiger partial charge in [0.15, 0.2) is 6.29 Å². The van der Waals surface area contributed by atoms with Crippen LogP contribution in [0.15, 0.2) is 48.5 Å². The molecule has 3 N–H and O–H groups in total. The molecule has 9 heteroatoms. The maximum absolute atomic E-state index is 10.7. The van der Waals surface area contributed by atoms with E-state index in [1.165, 1.54) is 14.7 Å². The number of carbonyl (C=O) groups is 1. The first-order chi connectivity index (χ1) is 18.9. The number of aryl methyl sites for hydroxylation is 2. The molecule has 0 aliphatic heterocycles. The Balaban J connectivity index is 0.000000272. The van der Waals surface area contributed by atoms with Gasteiger partial charge in [-0.05, 0) is 133 Å². The predicted molar refractivity (Wildman–Crippen MR) is 176 cm³/mol. The summed E-state index contributed by atoms with van der Waals surface area (Å²) >= 11 is 4.54. The number of anilines is 1. The van der Waals surface area contributed by atoms with Gasteiger partial charge in [0.2, 0.25) is 5.95 Å². The Hall–Kier alpha value is -2.38. The van der Waals surface area contributed by atoms with Crippen molar-refractivity contribution in [2.45, 2.75) is 40.7 Å². The summed E-state index contributed by atoms with van der Waals surface area (Å²) in [5.74, 6) is 2.55. The molecule has 0 radical (unpaired) electrons. The van der Waals surface area contributed by atoms with E-state index in [-0.39, 0.29) is 0 Å². The van der Waals surface area contributed by atoms with E-state index in [4.69, 9.17) is 9.47 Å². The zero-order chi connectivity index (χ0) is 28.2. The molecule has 0 amide bonds. The molecule has 1 aromatic heterocycles. The third-order valence-electron chi connectivity index (χ3n) is 5.82. The second kappa shape index (κ2) is 16.0. The number of aromatic amines is 1. The number of carbonyl (C=O) groups excluding carboxylic acids is 1. The number of halogens is 2. The van der Waals surface area contributed by atoms with Crippen LogP contribution in [0.2, 0.25) is 0 Å². The summed E-state index contributed by atoms with van der Waals surface area (Å²) in [6, 6.07) is 16.2. The van der Waals surface area contributed by atoms with Gasteiger partial charge in [0.1, 0.15) is 11.5 Å². The molecule has 0 bridgehead atoms. The maximum Gasteiger partial charge on any atom is 0.201 e. The van der Waals surface area contributed by atoms with Gasteiger partial charge >= 0.3 is 0 Å². The molecule has 1 heterocycles. The number of fused-ring (bicyclic) bond motifs is 1. The van der Waals surface area contributed by atoms with E-state index in [0.717, 1.165) is 64.2 Å². The highest BCUT2D eigenvalue weighted by Crippen LogP contribution is 2.27. The Morgan fingerprint density at radius 2 is 1.59 bits per heavy atom. The monoisotopic (exact) mass is 754 g/mol. The highest BCUT2D eigenvalue weighted by molar-refractivity contribution is 14.1. The lowest BCUT2D eigenvalue weighted by atomic mass is 10.1. The second-order valence-electron chi connectivity index (χ2n) is 8.90. The molecular weight excluding hydrogens is 718 g/mol. The van der Waals surface area contributed by atoms with Gasteiger partial charge in [-0.2, -0.15) is 0 Å². The van der Waals surface area contributed by atoms with Crippen molar-refractivity contribution in [2.75, 3.05) is 31.6 Å². The third kappa shape index (κ3) is 9.35.